The van der Waals surface area contributed by atoms with Gasteiger partial charge in [-0.05, 0) is 37.5 Å². The predicted octanol–water partition coefficient (Wildman–Crippen LogP) is 4.63. The molecule has 0 bridgehead atoms. The van der Waals surface area contributed by atoms with Gasteiger partial charge in [-0.2, -0.15) is 0 Å². The molecule has 20 heavy (non-hydrogen) atoms. The second kappa shape index (κ2) is 6.64. The minimum Gasteiger partial charge on any atom is -0.356 e. The second-order valence-corrected chi connectivity index (χ2v) is 6.95. The lowest BCUT2D eigenvalue weighted by atomic mass is 9.81. The maximum Gasteiger partial charge on any atom is 0.203 e. The number of hydrogen-bond donors (Lipinski definition) is 1. The van der Waals surface area contributed by atoms with Gasteiger partial charge in [0.1, 0.15) is 0 Å². The van der Waals surface area contributed by atoms with Crippen LogP contribution in [0.15, 0.2) is 12.4 Å². The molecule has 1 heterocycles. The Morgan fingerprint density at radius 1 is 1.20 bits per heavy atom. The Morgan fingerprint density at radius 3 is 2.85 bits per heavy atom. The molecule has 0 radical (unpaired) electrons. The topological polar surface area (TPSA) is 29.9 Å². The standard InChI is InChI=1S/C17H29N3/c1-14-5-4-6-15(13-14)9-10-18-17-19-11-12-20(17)16-7-2-3-8-16/h11-12,14-16H,2-10,13H2,1H3,(H,18,19). The van der Waals surface area contributed by atoms with E-state index in [1.54, 1.807) is 0 Å². The van der Waals surface area contributed by atoms with Crippen molar-refractivity contribution in [3.63, 3.8) is 0 Å². The molecule has 1 N–H and O–H groups in total. The molecule has 2 unspecified atom stereocenters. The van der Waals surface area contributed by atoms with Gasteiger partial charge in [0.2, 0.25) is 5.95 Å². The SMILES string of the molecule is CC1CCCC(CCNc2nccn2C2CCCC2)C1. The maximum atomic E-state index is 4.51. The molecule has 0 aliphatic heterocycles. The Hall–Kier alpha value is -0.990. The highest BCUT2D eigenvalue weighted by molar-refractivity contribution is 5.26. The Balaban J connectivity index is 1.47. The van der Waals surface area contributed by atoms with Crippen molar-refractivity contribution >= 4 is 5.95 Å². The average molecular weight is 275 g/mol. The Labute approximate surface area is 123 Å². The Morgan fingerprint density at radius 2 is 2.05 bits per heavy atom. The van der Waals surface area contributed by atoms with Gasteiger partial charge in [-0.15, -0.1) is 0 Å². The summed E-state index contributed by atoms with van der Waals surface area (Å²) in [5, 5.41) is 3.58. The molecule has 2 atom stereocenters. The molecule has 1 aromatic heterocycles. The normalized spacial score (nSPS) is 27.9. The van der Waals surface area contributed by atoms with Gasteiger partial charge in [-0.3, -0.25) is 0 Å². The van der Waals surface area contributed by atoms with Crippen molar-refractivity contribution in [1.82, 2.24) is 9.55 Å². The van der Waals surface area contributed by atoms with Gasteiger partial charge in [0, 0.05) is 25.0 Å². The fourth-order valence-corrected chi connectivity index (χ4v) is 4.14. The number of nitrogens with zero attached hydrogens (tertiary/aromatic N) is 2. The highest BCUT2D eigenvalue weighted by Gasteiger charge is 2.20. The van der Waals surface area contributed by atoms with Gasteiger partial charge < -0.3 is 9.88 Å². The summed E-state index contributed by atoms with van der Waals surface area (Å²) in [4.78, 5) is 4.51. The van der Waals surface area contributed by atoms with Crippen LogP contribution in [0.3, 0.4) is 0 Å². The average Bonchev–Trinajstić information content (AvgIpc) is 3.09. The molecule has 112 valence electrons. The molecule has 2 aliphatic rings. The third kappa shape index (κ3) is 3.36. The van der Waals surface area contributed by atoms with Crippen LogP contribution >= 0.6 is 0 Å². The first kappa shape index (κ1) is 14.0. The smallest absolute Gasteiger partial charge is 0.203 e. The van der Waals surface area contributed by atoms with Crippen LogP contribution in [0.25, 0.3) is 0 Å². The minimum atomic E-state index is 0.690. The second-order valence-electron chi connectivity index (χ2n) is 6.95. The number of imidazole rings is 1. The molecular formula is C17H29N3. The van der Waals surface area contributed by atoms with E-state index >= 15 is 0 Å². The van der Waals surface area contributed by atoms with Gasteiger partial charge in [0.15, 0.2) is 0 Å². The molecule has 0 saturated heterocycles. The van der Waals surface area contributed by atoms with Crippen LogP contribution in [0.1, 0.15) is 70.8 Å². The molecule has 2 saturated carbocycles. The molecule has 0 amide bonds. The van der Waals surface area contributed by atoms with Crippen LogP contribution in [-0.4, -0.2) is 16.1 Å². The number of aromatic nitrogens is 2. The first-order valence-electron chi connectivity index (χ1n) is 8.59. The summed E-state index contributed by atoms with van der Waals surface area (Å²) < 4.78 is 2.37. The van der Waals surface area contributed by atoms with Gasteiger partial charge in [-0.1, -0.05) is 39.0 Å². The van der Waals surface area contributed by atoms with Crippen molar-refractivity contribution in [1.29, 1.82) is 0 Å². The van der Waals surface area contributed by atoms with Gasteiger partial charge in [-0.25, -0.2) is 4.98 Å². The van der Waals surface area contributed by atoms with Crippen LogP contribution in [0.4, 0.5) is 5.95 Å². The zero-order chi connectivity index (χ0) is 13.8. The van der Waals surface area contributed by atoms with E-state index in [9.17, 15) is 0 Å². The van der Waals surface area contributed by atoms with E-state index in [0.29, 0.717) is 6.04 Å². The van der Waals surface area contributed by atoms with Crippen LogP contribution in [0, 0.1) is 11.8 Å². The van der Waals surface area contributed by atoms with E-state index in [2.05, 4.69) is 28.0 Å². The quantitative estimate of drug-likeness (QED) is 0.849. The molecule has 0 aromatic carbocycles. The first-order valence-corrected chi connectivity index (χ1v) is 8.59. The minimum absolute atomic E-state index is 0.690. The summed E-state index contributed by atoms with van der Waals surface area (Å²) >= 11 is 0. The van der Waals surface area contributed by atoms with Crippen molar-refractivity contribution in [2.24, 2.45) is 11.8 Å². The van der Waals surface area contributed by atoms with Crippen molar-refractivity contribution in [3.05, 3.63) is 12.4 Å². The lowest BCUT2D eigenvalue weighted by Crippen LogP contribution is -2.18. The highest BCUT2D eigenvalue weighted by Crippen LogP contribution is 2.32. The fraction of sp³-hybridized carbons (Fsp3) is 0.824. The van der Waals surface area contributed by atoms with E-state index in [-0.39, 0.29) is 0 Å². The molecule has 2 aliphatic carbocycles. The number of rotatable bonds is 5. The van der Waals surface area contributed by atoms with Crippen LogP contribution in [0.2, 0.25) is 0 Å². The van der Waals surface area contributed by atoms with Crippen molar-refractivity contribution < 1.29 is 0 Å². The maximum absolute atomic E-state index is 4.51. The summed E-state index contributed by atoms with van der Waals surface area (Å²) in [5.41, 5.74) is 0. The van der Waals surface area contributed by atoms with Gasteiger partial charge >= 0.3 is 0 Å². The van der Waals surface area contributed by atoms with Crippen molar-refractivity contribution in [2.75, 3.05) is 11.9 Å². The van der Waals surface area contributed by atoms with Crippen molar-refractivity contribution in [3.8, 4) is 0 Å². The lowest BCUT2D eigenvalue weighted by Gasteiger charge is -2.26. The highest BCUT2D eigenvalue weighted by atomic mass is 15.2. The fourth-order valence-electron chi connectivity index (χ4n) is 4.14. The molecular weight excluding hydrogens is 246 g/mol. The number of anilines is 1. The summed E-state index contributed by atoms with van der Waals surface area (Å²) in [7, 11) is 0. The van der Waals surface area contributed by atoms with E-state index in [4.69, 9.17) is 0 Å². The zero-order valence-corrected chi connectivity index (χ0v) is 12.9. The first-order chi connectivity index (χ1) is 9.83. The lowest BCUT2D eigenvalue weighted by molar-refractivity contribution is 0.274. The molecule has 1 aromatic rings. The third-order valence-electron chi connectivity index (χ3n) is 5.27. The predicted molar refractivity (Wildman–Crippen MR) is 84.0 cm³/mol. The summed E-state index contributed by atoms with van der Waals surface area (Å²) in [5.74, 6) is 2.97. The molecule has 3 heteroatoms. The molecule has 2 fully saturated rings. The summed E-state index contributed by atoms with van der Waals surface area (Å²) in [6, 6.07) is 0.690. The summed E-state index contributed by atoms with van der Waals surface area (Å²) in [6.45, 7) is 3.49. The third-order valence-corrected chi connectivity index (χ3v) is 5.27. The van der Waals surface area contributed by atoms with E-state index in [1.165, 1.54) is 57.8 Å². The molecule has 3 nitrogen and oxygen atoms in total. The molecule has 3 rings (SSSR count). The van der Waals surface area contributed by atoms with E-state index < -0.39 is 0 Å². The van der Waals surface area contributed by atoms with Gasteiger partial charge in [0.25, 0.3) is 0 Å². The van der Waals surface area contributed by atoms with Crippen molar-refractivity contribution in [2.45, 2.75) is 70.8 Å². The number of nitrogens with one attached hydrogen (secondary N) is 1. The largest absolute Gasteiger partial charge is 0.356 e. The van der Waals surface area contributed by atoms with Gasteiger partial charge in [0.05, 0.1) is 0 Å². The Kier molecular flexibility index (Phi) is 4.64. The zero-order valence-electron chi connectivity index (χ0n) is 12.9. The van der Waals surface area contributed by atoms with E-state index in [0.717, 1.165) is 24.3 Å². The van der Waals surface area contributed by atoms with Crippen LogP contribution in [0.5, 0.6) is 0 Å². The van der Waals surface area contributed by atoms with Crippen LogP contribution in [-0.2, 0) is 0 Å². The molecule has 0 spiro atoms. The number of hydrogen-bond acceptors (Lipinski definition) is 2. The van der Waals surface area contributed by atoms with E-state index in [1.807, 2.05) is 6.20 Å². The Bertz CT molecular complexity index is 406. The summed E-state index contributed by atoms with van der Waals surface area (Å²) in [6.07, 6.45) is 16.5. The monoisotopic (exact) mass is 275 g/mol. The van der Waals surface area contributed by atoms with Crippen LogP contribution < -0.4 is 5.32 Å².